The van der Waals surface area contributed by atoms with E-state index in [1.807, 2.05) is 11.3 Å². The van der Waals surface area contributed by atoms with Crippen molar-refractivity contribution < 1.29 is 14.2 Å². The molecule has 1 N–H and O–H groups in total. The Morgan fingerprint density at radius 3 is 2.74 bits per heavy atom. The standard InChI is InChI=1S/C26H37NO3S/c1-5-6-9-20-16-28-13-7-10-21(20)17(2)25-22-11-8-14-30-24(22)26(31-25)18(3)23-19(4)29-15-12-27-23/h9,19,27H,5-8,10-16H2,1-4H3/b20-9-,21-17+,23-18-. The Balaban J connectivity index is 1.81. The zero-order valence-electron chi connectivity index (χ0n) is 19.6. The van der Waals surface area contributed by atoms with Gasteiger partial charge in [0.15, 0.2) is 0 Å². The molecule has 3 aliphatic rings. The van der Waals surface area contributed by atoms with E-state index in [1.54, 1.807) is 0 Å². The molecule has 4 heterocycles. The van der Waals surface area contributed by atoms with Gasteiger partial charge in [0.25, 0.3) is 0 Å². The van der Waals surface area contributed by atoms with Crippen LogP contribution in [-0.2, 0) is 15.9 Å². The Bertz CT molecular complexity index is 893. The quantitative estimate of drug-likeness (QED) is 0.608. The lowest BCUT2D eigenvalue weighted by Gasteiger charge is -2.27. The van der Waals surface area contributed by atoms with Gasteiger partial charge in [-0.25, -0.2) is 0 Å². The van der Waals surface area contributed by atoms with Crippen LogP contribution in [0.5, 0.6) is 5.75 Å². The van der Waals surface area contributed by atoms with Gasteiger partial charge in [0.1, 0.15) is 5.75 Å². The molecule has 1 unspecified atom stereocenters. The van der Waals surface area contributed by atoms with E-state index >= 15 is 0 Å². The normalized spacial score (nSPS) is 26.6. The van der Waals surface area contributed by atoms with Crippen LogP contribution in [0.2, 0.25) is 0 Å². The average molecular weight is 444 g/mol. The first kappa shape index (κ1) is 22.6. The molecule has 0 bridgehead atoms. The molecule has 0 radical (unpaired) electrons. The first-order valence-corrected chi connectivity index (χ1v) is 12.8. The van der Waals surface area contributed by atoms with Gasteiger partial charge in [0.2, 0.25) is 0 Å². The molecule has 0 saturated carbocycles. The topological polar surface area (TPSA) is 39.7 Å². The number of rotatable bonds is 4. The van der Waals surface area contributed by atoms with Crippen molar-refractivity contribution in [2.45, 2.75) is 72.3 Å². The number of unbranched alkanes of at least 4 members (excludes halogenated alkanes) is 1. The van der Waals surface area contributed by atoms with Gasteiger partial charge in [-0.15, -0.1) is 11.3 Å². The Labute approximate surface area is 191 Å². The third-order valence-corrected chi connectivity index (χ3v) is 8.00. The van der Waals surface area contributed by atoms with E-state index in [4.69, 9.17) is 14.2 Å². The number of hydrogen-bond acceptors (Lipinski definition) is 5. The smallest absolute Gasteiger partial charge is 0.141 e. The van der Waals surface area contributed by atoms with Crippen molar-refractivity contribution in [1.29, 1.82) is 0 Å². The maximum absolute atomic E-state index is 6.28. The number of fused-ring (bicyclic) bond motifs is 1. The average Bonchev–Trinajstić information content (AvgIpc) is 3.01. The lowest BCUT2D eigenvalue weighted by Crippen LogP contribution is -2.35. The zero-order chi connectivity index (χ0) is 21.8. The summed E-state index contributed by atoms with van der Waals surface area (Å²) in [5.74, 6) is 1.11. The molecule has 0 spiro atoms. The SMILES string of the molecule is CCC/C=C1/COCCC/C1=C(/C)c1sc(/C(C)=C2\NCCOC2C)c2c1CCCO2. The second kappa shape index (κ2) is 10.4. The van der Waals surface area contributed by atoms with Crippen LogP contribution in [0.1, 0.15) is 75.1 Å². The highest BCUT2D eigenvalue weighted by Crippen LogP contribution is 2.47. The minimum absolute atomic E-state index is 0.0978. The van der Waals surface area contributed by atoms with Gasteiger partial charge in [-0.3, -0.25) is 0 Å². The zero-order valence-corrected chi connectivity index (χ0v) is 20.4. The molecule has 0 aromatic carbocycles. The van der Waals surface area contributed by atoms with E-state index in [0.717, 1.165) is 70.8 Å². The van der Waals surface area contributed by atoms with Gasteiger partial charge in [0.05, 0.1) is 30.8 Å². The van der Waals surface area contributed by atoms with Crippen LogP contribution in [0.4, 0.5) is 0 Å². The van der Waals surface area contributed by atoms with Crippen LogP contribution in [0.25, 0.3) is 11.1 Å². The monoisotopic (exact) mass is 443 g/mol. The Morgan fingerprint density at radius 2 is 1.94 bits per heavy atom. The van der Waals surface area contributed by atoms with Crippen molar-refractivity contribution in [3.8, 4) is 5.75 Å². The molecule has 0 amide bonds. The highest BCUT2D eigenvalue weighted by atomic mass is 32.1. The number of ether oxygens (including phenoxy) is 3. The second-order valence-electron chi connectivity index (χ2n) is 8.78. The molecule has 0 aliphatic carbocycles. The van der Waals surface area contributed by atoms with E-state index in [1.165, 1.54) is 49.7 Å². The molecule has 1 aromatic heterocycles. The molecular weight excluding hydrogens is 406 g/mol. The molecule has 31 heavy (non-hydrogen) atoms. The van der Waals surface area contributed by atoms with Crippen LogP contribution >= 0.6 is 11.3 Å². The van der Waals surface area contributed by atoms with E-state index in [-0.39, 0.29) is 6.10 Å². The summed E-state index contributed by atoms with van der Waals surface area (Å²) in [4.78, 5) is 2.68. The van der Waals surface area contributed by atoms with Crippen LogP contribution in [-0.4, -0.2) is 39.1 Å². The van der Waals surface area contributed by atoms with Gasteiger partial charge in [-0.2, -0.15) is 0 Å². The fourth-order valence-electron chi connectivity index (χ4n) is 4.86. The number of allylic oxidation sites excluding steroid dienone is 3. The minimum atomic E-state index is 0.0978. The van der Waals surface area contributed by atoms with Crippen molar-refractivity contribution in [3.63, 3.8) is 0 Å². The number of hydrogen-bond donors (Lipinski definition) is 1. The molecule has 3 aliphatic heterocycles. The van der Waals surface area contributed by atoms with E-state index in [2.05, 4.69) is 39.1 Å². The van der Waals surface area contributed by atoms with Crippen LogP contribution in [0, 0.1) is 0 Å². The predicted molar refractivity (Wildman–Crippen MR) is 130 cm³/mol. The summed E-state index contributed by atoms with van der Waals surface area (Å²) < 4.78 is 18.1. The summed E-state index contributed by atoms with van der Waals surface area (Å²) in [6.45, 7) is 12.9. The summed E-state index contributed by atoms with van der Waals surface area (Å²) in [5.41, 5.74) is 8.18. The van der Waals surface area contributed by atoms with Crippen LogP contribution < -0.4 is 10.1 Å². The summed E-state index contributed by atoms with van der Waals surface area (Å²) in [7, 11) is 0. The lowest BCUT2D eigenvalue weighted by atomic mass is 9.93. The molecular formula is C26H37NO3S. The molecule has 5 heteroatoms. The third kappa shape index (κ3) is 4.79. The number of morpholine rings is 1. The maximum atomic E-state index is 6.28. The first-order chi connectivity index (χ1) is 15.1. The maximum Gasteiger partial charge on any atom is 0.141 e. The highest BCUT2D eigenvalue weighted by molar-refractivity contribution is 7.14. The summed E-state index contributed by atoms with van der Waals surface area (Å²) in [6, 6.07) is 0. The molecule has 2 saturated heterocycles. The Hall–Kier alpha value is -1.56. The van der Waals surface area contributed by atoms with Crippen LogP contribution in [0.15, 0.2) is 22.9 Å². The number of thiophene rings is 1. The largest absolute Gasteiger partial charge is 0.492 e. The highest BCUT2D eigenvalue weighted by Gasteiger charge is 2.28. The van der Waals surface area contributed by atoms with Crippen LogP contribution in [0.3, 0.4) is 0 Å². The predicted octanol–water partition coefficient (Wildman–Crippen LogP) is 6.12. The van der Waals surface area contributed by atoms with Gasteiger partial charge in [-0.1, -0.05) is 19.4 Å². The van der Waals surface area contributed by atoms with Crippen molar-refractivity contribution in [2.75, 3.05) is 33.0 Å². The number of nitrogens with one attached hydrogen (secondary N) is 1. The Kier molecular flexibility index (Phi) is 7.57. The van der Waals surface area contributed by atoms with E-state index in [9.17, 15) is 0 Å². The van der Waals surface area contributed by atoms with Crippen molar-refractivity contribution >= 4 is 22.5 Å². The fourth-order valence-corrected chi connectivity index (χ4v) is 6.19. The van der Waals surface area contributed by atoms with Crippen molar-refractivity contribution in [2.24, 2.45) is 0 Å². The van der Waals surface area contributed by atoms with Gasteiger partial charge < -0.3 is 19.5 Å². The molecule has 170 valence electrons. The summed E-state index contributed by atoms with van der Waals surface area (Å²) in [5, 5.41) is 3.58. The van der Waals surface area contributed by atoms with E-state index < -0.39 is 0 Å². The van der Waals surface area contributed by atoms with E-state index in [0.29, 0.717) is 0 Å². The van der Waals surface area contributed by atoms with Crippen molar-refractivity contribution in [3.05, 3.63) is 38.2 Å². The summed E-state index contributed by atoms with van der Waals surface area (Å²) >= 11 is 1.91. The van der Waals surface area contributed by atoms with Crippen molar-refractivity contribution in [1.82, 2.24) is 5.32 Å². The molecule has 1 aromatic rings. The molecule has 4 nitrogen and oxygen atoms in total. The van der Waals surface area contributed by atoms with Gasteiger partial charge in [0, 0.05) is 29.3 Å². The molecule has 2 fully saturated rings. The first-order valence-electron chi connectivity index (χ1n) is 11.9. The molecule has 4 rings (SSSR count). The second-order valence-corrected chi connectivity index (χ2v) is 9.80. The molecule has 1 atom stereocenters. The third-order valence-electron chi connectivity index (χ3n) is 6.55. The summed E-state index contributed by atoms with van der Waals surface area (Å²) in [6.07, 6.45) is 9.15. The van der Waals surface area contributed by atoms with Gasteiger partial charge in [-0.05, 0) is 75.2 Å². The lowest BCUT2D eigenvalue weighted by molar-refractivity contribution is 0.0665. The fraction of sp³-hybridized carbons (Fsp3) is 0.615. The van der Waals surface area contributed by atoms with Gasteiger partial charge >= 0.3 is 0 Å². The Morgan fingerprint density at radius 1 is 1.10 bits per heavy atom. The minimum Gasteiger partial charge on any atom is -0.492 e.